The molecule has 0 unspecified atom stereocenters. The van der Waals surface area contributed by atoms with Crippen LogP contribution in [-0.2, 0) is 6.18 Å². The van der Waals surface area contributed by atoms with Gasteiger partial charge in [0.1, 0.15) is 23.2 Å². The number of amides is 1. The zero-order chi connectivity index (χ0) is 22.5. The zero-order valence-electron chi connectivity index (χ0n) is 16.4. The van der Waals surface area contributed by atoms with Crippen LogP contribution in [0.2, 0.25) is 0 Å². The first-order chi connectivity index (χ1) is 15.3. The predicted octanol–water partition coefficient (Wildman–Crippen LogP) is 3.04. The molecule has 0 radical (unpaired) electrons. The van der Waals surface area contributed by atoms with Crippen LogP contribution < -0.4 is 4.74 Å². The molecule has 2 aliphatic heterocycles. The maximum Gasteiger partial charge on any atom is 0.419 e. The first-order valence-electron chi connectivity index (χ1n) is 9.86. The largest absolute Gasteiger partial charge is 0.458 e. The number of aromatic nitrogens is 5. The molecule has 1 amide bonds. The summed E-state index contributed by atoms with van der Waals surface area (Å²) < 4.78 is 58.6. The summed E-state index contributed by atoms with van der Waals surface area (Å²) in [4.78, 5) is 23.5. The summed E-state index contributed by atoms with van der Waals surface area (Å²) in [7, 11) is 0. The maximum atomic E-state index is 14.7. The van der Waals surface area contributed by atoms with E-state index in [4.69, 9.17) is 4.74 Å². The quantitative estimate of drug-likeness (QED) is 0.571. The third-order valence-electron chi connectivity index (χ3n) is 5.77. The van der Waals surface area contributed by atoms with Crippen LogP contribution in [-0.4, -0.2) is 54.0 Å². The van der Waals surface area contributed by atoms with Crippen LogP contribution >= 0.6 is 0 Å². The van der Waals surface area contributed by atoms with Crippen molar-refractivity contribution in [2.45, 2.75) is 43.6 Å². The molecule has 1 aromatic carbocycles. The second-order valence-corrected chi connectivity index (χ2v) is 7.61. The highest BCUT2D eigenvalue weighted by Crippen LogP contribution is 2.41. The van der Waals surface area contributed by atoms with Crippen molar-refractivity contribution in [3.05, 3.63) is 59.9 Å². The summed E-state index contributed by atoms with van der Waals surface area (Å²) in [6, 6.07) is 3.45. The van der Waals surface area contributed by atoms with Gasteiger partial charge in [-0.1, -0.05) is 6.07 Å². The van der Waals surface area contributed by atoms with Gasteiger partial charge in [-0.05, 0) is 25.0 Å². The number of alkyl halides is 3. The van der Waals surface area contributed by atoms with Crippen molar-refractivity contribution in [2.75, 3.05) is 0 Å². The first kappa shape index (κ1) is 20.3. The van der Waals surface area contributed by atoms with Crippen LogP contribution in [0.4, 0.5) is 17.6 Å². The van der Waals surface area contributed by atoms with Crippen LogP contribution in [0.3, 0.4) is 0 Å². The van der Waals surface area contributed by atoms with Crippen molar-refractivity contribution < 1.29 is 27.1 Å². The number of hydrogen-bond acceptors (Lipinski definition) is 6. The van der Waals surface area contributed by atoms with Crippen molar-refractivity contribution in [1.82, 2.24) is 29.9 Å². The summed E-state index contributed by atoms with van der Waals surface area (Å²) >= 11 is 0. The summed E-state index contributed by atoms with van der Waals surface area (Å²) in [5.41, 5.74) is -0.907. The molecule has 3 aromatic rings. The molecular weight excluding hydrogens is 432 g/mol. The van der Waals surface area contributed by atoms with E-state index in [0.717, 1.165) is 0 Å². The van der Waals surface area contributed by atoms with Crippen molar-refractivity contribution >= 4 is 5.91 Å². The number of carbonyl (C=O) groups is 1. The van der Waals surface area contributed by atoms with E-state index in [1.807, 2.05) is 0 Å². The van der Waals surface area contributed by atoms with E-state index >= 15 is 0 Å². The minimum absolute atomic E-state index is 0.146. The average molecular weight is 448 g/mol. The molecule has 0 N–H and O–H groups in total. The maximum absolute atomic E-state index is 14.7. The molecule has 2 fully saturated rings. The fourth-order valence-electron chi connectivity index (χ4n) is 4.40. The van der Waals surface area contributed by atoms with Gasteiger partial charge in [-0.3, -0.25) is 4.79 Å². The number of rotatable bonds is 4. The van der Waals surface area contributed by atoms with Crippen molar-refractivity contribution in [3.63, 3.8) is 0 Å². The Morgan fingerprint density at radius 1 is 1.09 bits per heavy atom. The van der Waals surface area contributed by atoms with Crippen molar-refractivity contribution in [3.8, 4) is 11.7 Å². The van der Waals surface area contributed by atoms with Gasteiger partial charge >= 0.3 is 12.2 Å². The van der Waals surface area contributed by atoms with Gasteiger partial charge in [0.2, 0.25) is 0 Å². The highest BCUT2D eigenvalue weighted by Gasteiger charge is 2.51. The number of ether oxygens (including phenoxy) is 1. The van der Waals surface area contributed by atoms with E-state index < -0.39 is 29.6 Å². The average Bonchev–Trinajstić information content (AvgIpc) is 3.49. The van der Waals surface area contributed by atoms with E-state index in [1.165, 1.54) is 29.3 Å². The molecule has 2 aromatic heterocycles. The number of halogens is 4. The molecule has 3 atom stereocenters. The molecule has 0 aliphatic carbocycles. The van der Waals surface area contributed by atoms with E-state index in [0.29, 0.717) is 31.7 Å². The van der Waals surface area contributed by atoms with Gasteiger partial charge in [0.25, 0.3) is 5.91 Å². The molecule has 166 valence electrons. The van der Waals surface area contributed by atoms with E-state index in [2.05, 4.69) is 20.2 Å². The van der Waals surface area contributed by atoms with Crippen LogP contribution in [0.1, 0.15) is 35.2 Å². The summed E-state index contributed by atoms with van der Waals surface area (Å²) in [5, 5.41) is 7.99. The molecular formula is C20H16F4N6O2. The summed E-state index contributed by atoms with van der Waals surface area (Å²) in [6.07, 6.45) is 0.883. The Morgan fingerprint density at radius 3 is 2.50 bits per heavy atom. The topological polar surface area (TPSA) is 86.0 Å². The number of nitrogens with zero attached hydrogens (tertiary/aromatic N) is 6. The van der Waals surface area contributed by atoms with Crippen molar-refractivity contribution in [2.24, 2.45) is 0 Å². The molecule has 5 rings (SSSR count). The highest BCUT2D eigenvalue weighted by molar-refractivity contribution is 5.98. The highest BCUT2D eigenvalue weighted by atomic mass is 19.4. The third-order valence-corrected chi connectivity index (χ3v) is 5.77. The Bertz CT molecular complexity index is 1140. The monoisotopic (exact) mass is 448 g/mol. The summed E-state index contributed by atoms with van der Waals surface area (Å²) in [5.74, 6) is -1.21. The molecule has 12 heteroatoms. The van der Waals surface area contributed by atoms with E-state index in [1.54, 1.807) is 11.0 Å². The number of hydrogen-bond donors (Lipinski definition) is 0. The second-order valence-electron chi connectivity index (χ2n) is 7.61. The fraction of sp³-hybridized carbons (Fsp3) is 0.350. The van der Waals surface area contributed by atoms with Gasteiger partial charge in [0.15, 0.2) is 0 Å². The van der Waals surface area contributed by atoms with Gasteiger partial charge in [0.05, 0.1) is 24.0 Å². The molecule has 0 saturated carbocycles. The molecule has 0 spiro atoms. The minimum atomic E-state index is -4.55. The number of benzene rings is 1. The lowest BCUT2D eigenvalue weighted by molar-refractivity contribution is -0.138. The minimum Gasteiger partial charge on any atom is -0.458 e. The molecule has 4 heterocycles. The lowest BCUT2D eigenvalue weighted by Gasteiger charge is -2.25. The molecule has 32 heavy (non-hydrogen) atoms. The smallest absolute Gasteiger partial charge is 0.419 e. The molecule has 2 aliphatic rings. The normalized spacial score (nSPS) is 22.4. The molecule has 2 bridgehead atoms. The Balaban J connectivity index is 1.39. The Labute approximate surface area is 178 Å². The van der Waals surface area contributed by atoms with Crippen LogP contribution in [0.15, 0.2) is 43.0 Å². The summed E-state index contributed by atoms with van der Waals surface area (Å²) in [6.45, 7) is 0. The predicted molar refractivity (Wildman–Crippen MR) is 100 cm³/mol. The van der Waals surface area contributed by atoms with Gasteiger partial charge in [-0.25, -0.2) is 14.4 Å². The van der Waals surface area contributed by atoms with Gasteiger partial charge in [0, 0.05) is 24.9 Å². The second kappa shape index (κ2) is 7.53. The van der Waals surface area contributed by atoms with E-state index in [-0.39, 0.29) is 29.3 Å². The number of fused-ring (bicyclic) bond motifs is 2. The lowest BCUT2D eigenvalue weighted by atomic mass is 9.98. The SMILES string of the molecule is O=C(c1c(F)cccc1-n1nccn1)N1[C@@H]2CC[C@H]1[C@H](Oc1ncc(C(F)(F)F)cn1)C2. The molecule has 2 saturated heterocycles. The fourth-order valence-corrected chi connectivity index (χ4v) is 4.40. The van der Waals surface area contributed by atoms with Crippen LogP contribution in [0.5, 0.6) is 6.01 Å². The van der Waals surface area contributed by atoms with Crippen LogP contribution in [0, 0.1) is 5.82 Å². The molecule has 8 nitrogen and oxygen atoms in total. The van der Waals surface area contributed by atoms with E-state index in [9.17, 15) is 22.4 Å². The lowest BCUT2D eigenvalue weighted by Crippen LogP contribution is -2.40. The van der Waals surface area contributed by atoms with Crippen molar-refractivity contribution in [1.29, 1.82) is 0 Å². The Kier molecular flexibility index (Phi) is 4.79. The van der Waals surface area contributed by atoms with Gasteiger partial charge in [-0.2, -0.15) is 28.2 Å². The Hall–Kier alpha value is -3.57. The number of carbonyl (C=O) groups excluding carboxylic acids is 1. The zero-order valence-corrected chi connectivity index (χ0v) is 16.4. The first-order valence-corrected chi connectivity index (χ1v) is 9.86. The van der Waals surface area contributed by atoms with Gasteiger partial charge < -0.3 is 9.64 Å². The Morgan fingerprint density at radius 2 is 1.81 bits per heavy atom. The van der Waals surface area contributed by atoms with Gasteiger partial charge in [-0.15, -0.1) is 0 Å². The van der Waals surface area contributed by atoms with Crippen LogP contribution in [0.25, 0.3) is 5.69 Å². The standard InChI is InChI=1S/C20H16F4N6O2/c21-13-2-1-3-15(30-27-6-7-28-30)17(13)18(31)29-12-4-5-14(29)16(8-12)32-19-25-9-11(10-26-19)20(22,23)24/h1-3,6-7,9-10,12,14,16H,4-5,8H2/t12-,14+,16-/m1/s1. The third kappa shape index (κ3) is 3.45.